The summed E-state index contributed by atoms with van der Waals surface area (Å²) in [4.78, 5) is 28.5. The summed E-state index contributed by atoms with van der Waals surface area (Å²) in [5, 5.41) is 14.4. The average Bonchev–Trinajstić information content (AvgIpc) is 2.62. The van der Waals surface area contributed by atoms with Gasteiger partial charge < -0.3 is 15.4 Å². The van der Waals surface area contributed by atoms with Crippen LogP contribution in [-0.4, -0.2) is 52.0 Å². The Balaban J connectivity index is 2.23. The molecule has 0 fully saturated rings. The van der Waals surface area contributed by atoms with Crippen LogP contribution in [0.5, 0.6) is 5.88 Å². The van der Waals surface area contributed by atoms with Crippen molar-refractivity contribution < 1.29 is 5.11 Å². The molecule has 0 saturated heterocycles. The van der Waals surface area contributed by atoms with E-state index in [1.165, 1.54) is 6.21 Å². The molecule has 2 rings (SSSR count). The number of aromatic nitrogens is 2. The van der Waals surface area contributed by atoms with Gasteiger partial charge in [0, 0.05) is 17.6 Å². The van der Waals surface area contributed by atoms with Gasteiger partial charge in [0.1, 0.15) is 5.56 Å². The SMILES string of the molecule is CCN(CC)CCN/N=C/c1c(O)n(-c2ccc(Br)cc2)c(=O)[nH]c1=O. The van der Waals surface area contributed by atoms with Gasteiger partial charge in [0.15, 0.2) is 0 Å². The Labute approximate surface area is 159 Å². The smallest absolute Gasteiger partial charge is 0.335 e. The summed E-state index contributed by atoms with van der Waals surface area (Å²) in [7, 11) is 0. The fourth-order valence-electron chi connectivity index (χ4n) is 2.41. The van der Waals surface area contributed by atoms with Crippen molar-refractivity contribution in [1.29, 1.82) is 0 Å². The first-order valence-corrected chi connectivity index (χ1v) is 9.09. The third-order valence-corrected chi connectivity index (χ3v) is 4.45. The second-order valence-electron chi connectivity index (χ2n) is 5.50. The molecule has 26 heavy (non-hydrogen) atoms. The molecule has 2 aromatic rings. The van der Waals surface area contributed by atoms with E-state index in [-0.39, 0.29) is 5.56 Å². The van der Waals surface area contributed by atoms with E-state index in [9.17, 15) is 14.7 Å². The van der Waals surface area contributed by atoms with Crippen molar-refractivity contribution in [2.24, 2.45) is 5.10 Å². The van der Waals surface area contributed by atoms with E-state index in [2.05, 4.69) is 50.2 Å². The van der Waals surface area contributed by atoms with E-state index in [1.807, 2.05) is 0 Å². The Bertz CT molecular complexity index is 869. The first-order chi connectivity index (χ1) is 12.5. The molecule has 0 amide bonds. The largest absolute Gasteiger partial charge is 0.493 e. The van der Waals surface area contributed by atoms with E-state index < -0.39 is 17.1 Å². The molecule has 0 atom stereocenters. The molecular weight excluding hydrogens is 402 g/mol. The molecule has 0 saturated carbocycles. The number of nitrogens with one attached hydrogen (secondary N) is 2. The molecule has 0 aliphatic heterocycles. The van der Waals surface area contributed by atoms with Crippen LogP contribution in [0.4, 0.5) is 0 Å². The van der Waals surface area contributed by atoms with Crippen LogP contribution in [-0.2, 0) is 0 Å². The Morgan fingerprint density at radius 1 is 1.27 bits per heavy atom. The summed E-state index contributed by atoms with van der Waals surface area (Å²) < 4.78 is 1.85. The minimum absolute atomic E-state index is 0.0946. The van der Waals surface area contributed by atoms with Crippen molar-refractivity contribution in [3.8, 4) is 11.6 Å². The number of aromatic amines is 1. The number of rotatable bonds is 8. The van der Waals surface area contributed by atoms with E-state index in [0.717, 1.165) is 28.7 Å². The van der Waals surface area contributed by atoms with Gasteiger partial charge in [0.25, 0.3) is 5.56 Å². The second kappa shape index (κ2) is 9.35. The van der Waals surface area contributed by atoms with Crippen LogP contribution < -0.4 is 16.7 Å². The van der Waals surface area contributed by atoms with Gasteiger partial charge in [-0.05, 0) is 37.4 Å². The minimum atomic E-state index is -0.721. The molecule has 1 aromatic carbocycles. The summed E-state index contributed by atoms with van der Waals surface area (Å²) in [6.45, 7) is 7.46. The quantitative estimate of drug-likeness (QED) is 0.337. The van der Waals surface area contributed by atoms with Gasteiger partial charge in [0.2, 0.25) is 5.88 Å². The Morgan fingerprint density at radius 2 is 1.92 bits per heavy atom. The van der Waals surface area contributed by atoms with Gasteiger partial charge >= 0.3 is 5.69 Å². The zero-order valence-electron chi connectivity index (χ0n) is 14.7. The molecule has 0 bridgehead atoms. The first-order valence-electron chi connectivity index (χ1n) is 8.30. The van der Waals surface area contributed by atoms with Gasteiger partial charge in [-0.25, -0.2) is 9.36 Å². The number of halogens is 1. The Hall–Kier alpha value is -2.39. The fraction of sp³-hybridized carbons (Fsp3) is 0.353. The van der Waals surface area contributed by atoms with Gasteiger partial charge in [-0.3, -0.25) is 9.78 Å². The normalized spacial score (nSPS) is 11.4. The van der Waals surface area contributed by atoms with E-state index >= 15 is 0 Å². The monoisotopic (exact) mass is 423 g/mol. The third kappa shape index (κ3) is 4.83. The summed E-state index contributed by atoms with van der Waals surface area (Å²) in [5.41, 5.74) is 1.75. The maximum Gasteiger partial charge on any atom is 0.335 e. The number of hydrazone groups is 1. The first kappa shape index (κ1) is 19.9. The van der Waals surface area contributed by atoms with Gasteiger partial charge in [-0.2, -0.15) is 5.10 Å². The lowest BCUT2D eigenvalue weighted by atomic mass is 10.3. The predicted octanol–water partition coefficient (Wildman–Crippen LogP) is 1.26. The average molecular weight is 424 g/mol. The number of benzene rings is 1. The molecule has 1 aromatic heterocycles. The van der Waals surface area contributed by atoms with E-state index in [0.29, 0.717) is 12.2 Å². The molecule has 0 radical (unpaired) electrons. The van der Waals surface area contributed by atoms with Crippen molar-refractivity contribution in [2.75, 3.05) is 26.2 Å². The summed E-state index contributed by atoms with van der Waals surface area (Å²) in [5.74, 6) is -0.463. The fourth-order valence-corrected chi connectivity index (χ4v) is 2.67. The number of likely N-dealkylation sites (N-methyl/N-ethyl adjacent to an activating group) is 1. The Kier molecular flexibility index (Phi) is 7.16. The lowest BCUT2D eigenvalue weighted by Gasteiger charge is -2.17. The van der Waals surface area contributed by atoms with Gasteiger partial charge in [-0.1, -0.05) is 29.8 Å². The van der Waals surface area contributed by atoms with E-state index in [4.69, 9.17) is 0 Å². The molecule has 0 spiro atoms. The molecule has 0 aliphatic rings. The minimum Gasteiger partial charge on any atom is -0.493 e. The van der Waals surface area contributed by atoms with Crippen LogP contribution >= 0.6 is 15.9 Å². The van der Waals surface area contributed by atoms with E-state index in [1.54, 1.807) is 24.3 Å². The number of hydrogen-bond donors (Lipinski definition) is 3. The zero-order chi connectivity index (χ0) is 19.1. The molecule has 0 unspecified atom stereocenters. The molecule has 1 heterocycles. The van der Waals surface area contributed by atoms with Crippen LogP contribution in [0.15, 0.2) is 43.4 Å². The second-order valence-corrected chi connectivity index (χ2v) is 6.42. The standard InChI is InChI=1S/C17H22BrN5O3/c1-3-22(4-2)10-9-19-20-11-14-15(24)21-17(26)23(16(14)25)13-7-5-12(18)6-8-13/h5-8,11,19,25H,3-4,9-10H2,1-2H3,(H,21,24,26)/b20-11+. The molecule has 8 nitrogen and oxygen atoms in total. The highest BCUT2D eigenvalue weighted by Crippen LogP contribution is 2.17. The molecule has 3 N–H and O–H groups in total. The summed E-state index contributed by atoms with van der Waals surface area (Å²) >= 11 is 3.31. The van der Waals surface area contributed by atoms with Crippen LogP contribution in [0.25, 0.3) is 5.69 Å². The zero-order valence-corrected chi connectivity index (χ0v) is 16.3. The molecule has 9 heteroatoms. The highest BCUT2D eigenvalue weighted by Gasteiger charge is 2.14. The summed E-state index contributed by atoms with van der Waals surface area (Å²) in [6.07, 6.45) is 1.21. The number of H-pyrrole nitrogens is 1. The van der Waals surface area contributed by atoms with Crippen molar-refractivity contribution in [3.05, 3.63) is 55.1 Å². The van der Waals surface area contributed by atoms with Crippen LogP contribution in [0, 0.1) is 0 Å². The van der Waals surface area contributed by atoms with Gasteiger partial charge in [0.05, 0.1) is 11.9 Å². The third-order valence-electron chi connectivity index (χ3n) is 3.92. The Morgan fingerprint density at radius 3 is 2.54 bits per heavy atom. The number of nitrogens with zero attached hydrogens (tertiary/aromatic N) is 3. The van der Waals surface area contributed by atoms with Crippen LogP contribution in [0.1, 0.15) is 19.4 Å². The molecule has 140 valence electrons. The van der Waals surface area contributed by atoms with Crippen molar-refractivity contribution in [1.82, 2.24) is 19.9 Å². The lowest BCUT2D eigenvalue weighted by molar-refractivity contribution is 0.303. The molecular formula is C17H22BrN5O3. The highest BCUT2D eigenvalue weighted by atomic mass is 79.9. The topological polar surface area (TPSA) is 103 Å². The predicted molar refractivity (Wildman–Crippen MR) is 105 cm³/mol. The van der Waals surface area contributed by atoms with Crippen molar-refractivity contribution in [3.63, 3.8) is 0 Å². The van der Waals surface area contributed by atoms with Crippen molar-refractivity contribution in [2.45, 2.75) is 13.8 Å². The van der Waals surface area contributed by atoms with Crippen LogP contribution in [0.3, 0.4) is 0 Å². The number of hydrogen-bond acceptors (Lipinski definition) is 6. The maximum atomic E-state index is 12.1. The highest BCUT2D eigenvalue weighted by molar-refractivity contribution is 9.10. The maximum absolute atomic E-state index is 12.1. The summed E-state index contributed by atoms with van der Waals surface area (Å²) in [6, 6.07) is 6.75. The lowest BCUT2D eigenvalue weighted by Crippen LogP contribution is -2.32. The van der Waals surface area contributed by atoms with Crippen LogP contribution in [0.2, 0.25) is 0 Å². The number of aromatic hydroxyl groups is 1. The molecule has 0 aliphatic carbocycles. The van der Waals surface area contributed by atoms with Crippen molar-refractivity contribution >= 4 is 22.1 Å². The van der Waals surface area contributed by atoms with Gasteiger partial charge in [-0.15, -0.1) is 0 Å².